The molecule has 2 heterocycles. The molecule has 0 saturated carbocycles. The number of H-pyrrole nitrogens is 1. The van der Waals surface area contributed by atoms with E-state index in [0.717, 1.165) is 11.1 Å². The number of amides is 1. The second-order valence-corrected chi connectivity index (χ2v) is 6.15. The van der Waals surface area contributed by atoms with E-state index in [4.69, 9.17) is 11.6 Å². The average Bonchev–Trinajstić information content (AvgIpc) is 2.71. The van der Waals surface area contributed by atoms with Crippen molar-refractivity contribution in [2.45, 2.75) is 5.37 Å². The summed E-state index contributed by atoms with van der Waals surface area (Å²) < 4.78 is 0. The minimum absolute atomic E-state index is 0.129. The fourth-order valence-electron chi connectivity index (χ4n) is 2.65. The summed E-state index contributed by atoms with van der Waals surface area (Å²) in [5, 5.41) is 0.416. The van der Waals surface area contributed by atoms with E-state index < -0.39 is 0 Å². The number of halogens is 1. The molecule has 1 N–H and O–H groups in total. The van der Waals surface area contributed by atoms with Crippen LogP contribution in [0.3, 0.4) is 0 Å². The van der Waals surface area contributed by atoms with E-state index in [9.17, 15) is 9.59 Å². The fraction of sp³-hybridized carbons (Fsp3) is 0.200. The molecule has 0 saturated heterocycles. The Labute approximate surface area is 131 Å². The van der Waals surface area contributed by atoms with Crippen molar-refractivity contribution < 1.29 is 4.79 Å². The van der Waals surface area contributed by atoms with Crippen LogP contribution in [0.25, 0.3) is 11.3 Å². The SMILES string of the molecule is CS[C@@H]1c2c(cc(=O)[nH]c2-c2ccccc2Cl)C(=O)N1C. The Kier molecular flexibility index (Phi) is 3.55. The molecule has 21 heavy (non-hydrogen) atoms. The van der Waals surface area contributed by atoms with Gasteiger partial charge in [0.25, 0.3) is 5.91 Å². The summed E-state index contributed by atoms with van der Waals surface area (Å²) in [5.41, 5.74) is 2.33. The van der Waals surface area contributed by atoms with Gasteiger partial charge in [0.1, 0.15) is 5.37 Å². The minimum atomic E-state index is -0.299. The zero-order chi connectivity index (χ0) is 15.1. The van der Waals surface area contributed by atoms with Gasteiger partial charge in [-0.2, -0.15) is 0 Å². The third-order valence-corrected chi connectivity index (χ3v) is 4.93. The number of nitrogens with one attached hydrogen (secondary N) is 1. The summed E-state index contributed by atoms with van der Waals surface area (Å²) >= 11 is 7.80. The van der Waals surface area contributed by atoms with Crippen molar-refractivity contribution >= 4 is 29.3 Å². The number of aromatic nitrogens is 1. The normalized spacial score (nSPS) is 17.2. The molecular formula is C15H13ClN2O2S. The van der Waals surface area contributed by atoms with Crippen LogP contribution in [0.4, 0.5) is 0 Å². The van der Waals surface area contributed by atoms with Crippen molar-refractivity contribution in [3.63, 3.8) is 0 Å². The van der Waals surface area contributed by atoms with Gasteiger partial charge in [-0.25, -0.2) is 0 Å². The van der Waals surface area contributed by atoms with Crippen molar-refractivity contribution in [2.24, 2.45) is 0 Å². The third kappa shape index (κ3) is 2.17. The molecule has 1 amide bonds. The molecule has 0 radical (unpaired) electrons. The first-order valence-corrected chi connectivity index (χ1v) is 8.03. The summed E-state index contributed by atoms with van der Waals surface area (Å²) in [6.07, 6.45) is 1.94. The second-order valence-electron chi connectivity index (χ2n) is 4.82. The van der Waals surface area contributed by atoms with Gasteiger partial charge in [0, 0.05) is 29.3 Å². The van der Waals surface area contributed by atoms with Crippen LogP contribution in [0.15, 0.2) is 35.1 Å². The highest BCUT2D eigenvalue weighted by atomic mass is 35.5. The zero-order valence-corrected chi connectivity index (χ0v) is 13.1. The number of aromatic amines is 1. The van der Waals surface area contributed by atoms with Gasteiger partial charge in [-0.3, -0.25) is 9.59 Å². The van der Waals surface area contributed by atoms with Crippen molar-refractivity contribution in [1.29, 1.82) is 0 Å². The van der Waals surface area contributed by atoms with Crippen LogP contribution in [0.2, 0.25) is 5.02 Å². The highest BCUT2D eigenvalue weighted by Gasteiger charge is 2.37. The smallest absolute Gasteiger partial charge is 0.255 e. The lowest BCUT2D eigenvalue weighted by molar-refractivity contribution is 0.0813. The molecule has 1 aliphatic rings. The van der Waals surface area contributed by atoms with E-state index in [-0.39, 0.29) is 16.8 Å². The van der Waals surface area contributed by atoms with E-state index in [1.54, 1.807) is 29.8 Å². The molecule has 0 bridgehead atoms. The van der Waals surface area contributed by atoms with Crippen LogP contribution < -0.4 is 5.56 Å². The van der Waals surface area contributed by atoms with Crippen LogP contribution in [0.5, 0.6) is 0 Å². The molecule has 4 nitrogen and oxygen atoms in total. The number of pyridine rings is 1. The predicted octanol–water partition coefficient (Wildman–Crippen LogP) is 3.14. The summed E-state index contributed by atoms with van der Waals surface area (Å²) in [6, 6.07) is 8.66. The summed E-state index contributed by atoms with van der Waals surface area (Å²) in [7, 11) is 1.74. The second kappa shape index (κ2) is 5.24. The molecule has 0 fully saturated rings. The number of carbonyl (C=O) groups excluding carboxylic acids is 1. The van der Waals surface area contributed by atoms with Gasteiger partial charge in [0.05, 0.1) is 11.3 Å². The molecule has 1 aliphatic heterocycles. The van der Waals surface area contributed by atoms with Crippen molar-refractivity contribution in [3.8, 4) is 11.3 Å². The largest absolute Gasteiger partial charge is 0.325 e. The Balaban J connectivity index is 2.34. The van der Waals surface area contributed by atoms with E-state index >= 15 is 0 Å². The molecule has 0 aliphatic carbocycles. The molecule has 0 spiro atoms. The van der Waals surface area contributed by atoms with Gasteiger partial charge in [-0.1, -0.05) is 29.8 Å². The molecule has 1 aromatic carbocycles. The van der Waals surface area contributed by atoms with Crippen LogP contribution in [0, 0.1) is 0 Å². The monoisotopic (exact) mass is 320 g/mol. The minimum Gasteiger partial charge on any atom is -0.325 e. The molecule has 108 valence electrons. The van der Waals surface area contributed by atoms with Crippen LogP contribution >= 0.6 is 23.4 Å². The number of carbonyl (C=O) groups is 1. The molecule has 1 atom stereocenters. The van der Waals surface area contributed by atoms with Gasteiger partial charge < -0.3 is 9.88 Å². The number of fused-ring (bicyclic) bond motifs is 1. The standard InChI is InChI=1S/C15H13ClN2O2S/c1-18-14(20)9-7-11(19)17-13(12(9)15(18)21-2)8-5-3-4-6-10(8)16/h3-7,15H,1-2H3,(H,17,19)/t15-/m1/s1. The molecule has 6 heteroatoms. The van der Waals surface area contributed by atoms with Crippen LogP contribution in [-0.2, 0) is 0 Å². The van der Waals surface area contributed by atoms with Gasteiger partial charge in [-0.15, -0.1) is 11.8 Å². The van der Waals surface area contributed by atoms with Gasteiger partial charge in [-0.05, 0) is 12.3 Å². The number of hydrogen-bond acceptors (Lipinski definition) is 3. The molecule has 2 aromatic rings. The number of hydrogen-bond donors (Lipinski definition) is 1. The Bertz CT molecular complexity index is 787. The first kappa shape index (κ1) is 14.2. The fourth-order valence-corrected chi connectivity index (χ4v) is 3.77. The van der Waals surface area contributed by atoms with E-state index in [1.807, 2.05) is 24.5 Å². The summed E-state index contributed by atoms with van der Waals surface area (Å²) in [6.45, 7) is 0. The quantitative estimate of drug-likeness (QED) is 0.925. The van der Waals surface area contributed by atoms with Gasteiger partial charge >= 0.3 is 0 Å². The summed E-state index contributed by atoms with van der Waals surface area (Å²) in [5.74, 6) is -0.135. The van der Waals surface area contributed by atoms with Gasteiger partial charge in [0.2, 0.25) is 5.56 Å². The number of nitrogens with zero attached hydrogens (tertiary/aromatic N) is 1. The van der Waals surface area contributed by atoms with Crippen LogP contribution in [-0.4, -0.2) is 29.1 Å². The van der Waals surface area contributed by atoms with Crippen molar-refractivity contribution in [1.82, 2.24) is 9.88 Å². The van der Waals surface area contributed by atoms with Crippen molar-refractivity contribution in [2.75, 3.05) is 13.3 Å². The molecule has 0 unspecified atom stereocenters. The number of benzene rings is 1. The van der Waals surface area contributed by atoms with Crippen LogP contribution in [0.1, 0.15) is 21.3 Å². The highest BCUT2D eigenvalue weighted by Crippen LogP contribution is 2.43. The number of thioether (sulfide) groups is 1. The first-order valence-electron chi connectivity index (χ1n) is 6.36. The lowest BCUT2D eigenvalue weighted by atomic mass is 10.0. The third-order valence-electron chi connectivity index (χ3n) is 3.60. The molecule has 1 aromatic heterocycles. The first-order chi connectivity index (χ1) is 10.0. The molecular weight excluding hydrogens is 308 g/mol. The average molecular weight is 321 g/mol. The summed E-state index contributed by atoms with van der Waals surface area (Å²) in [4.78, 5) is 28.7. The Morgan fingerprint density at radius 2 is 1.95 bits per heavy atom. The van der Waals surface area contributed by atoms with E-state index in [2.05, 4.69) is 4.98 Å². The topological polar surface area (TPSA) is 53.2 Å². The number of rotatable bonds is 2. The maximum absolute atomic E-state index is 12.3. The lowest BCUT2D eigenvalue weighted by Crippen LogP contribution is -2.21. The maximum Gasteiger partial charge on any atom is 0.255 e. The molecule has 3 rings (SSSR count). The lowest BCUT2D eigenvalue weighted by Gasteiger charge is -2.19. The Hall–Kier alpha value is -1.72. The predicted molar refractivity (Wildman–Crippen MR) is 85.9 cm³/mol. The Morgan fingerprint density at radius 1 is 1.24 bits per heavy atom. The zero-order valence-electron chi connectivity index (χ0n) is 11.5. The van der Waals surface area contributed by atoms with Gasteiger partial charge in [0.15, 0.2) is 0 Å². The maximum atomic E-state index is 12.3. The van der Waals surface area contributed by atoms with Crippen molar-refractivity contribution in [3.05, 3.63) is 56.8 Å². The Morgan fingerprint density at radius 3 is 2.62 bits per heavy atom. The van der Waals surface area contributed by atoms with E-state index in [0.29, 0.717) is 16.3 Å². The van der Waals surface area contributed by atoms with E-state index in [1.165, 1.54) is 6.07 Å². The highest BCUT2D eigenvalue weighted by molar-refractivity contribution is 7.98.